The highest BCUT2D eigenvalue weighted by atomic mass is 16.2. The predicted octanol–water partition coefficient (Wildman–Crippen LogP) is 3.20. The molecule has 0 spiro atoms. The molecule has 148 valence electrons. The van der Waals surface area contributed by atoms with Crippen LogP contribution in [0.25, 0.3) is 17.3 Å². The number of pyridine rings is 1. The van der Waals surface area contributed by atoms with Gasteiger partial charge in [0.2, 0.25) is 11.9 Å². The molecule has 0 saturated heterocycles. The van der Waals surface area contributed by atoms with E-state index in [1.54, 1.807) is 24.8 Å². The molecule has 0 radical (unpaired) electrons. The number of nitrogens with zero attached hydrogens (tertiary/aromatic N) is 6. The van der Waals surface area contributed by atoms with Gasteiger partial charge in [0.15, 0.2) is 5.82 Å². The summed E-state index contributed by atoms with van der Waals surface area (Å²) in [5, 5.41) is 2.99. The molecule has 8 heteroatoms. The Morgan fingerprint density at radius 2 is 1.93 bits per heavy atom. The summed E-state index contributed by atoms with van der Waals surface area (Å²) < 4.78 is 1.87. The molecule has 8 nitrogen and oxygen atoms in total. The second-order valence-corrected chi connectivity index (χ2v) is 7.52. The number of carbonyl (C=O) groups is 1. The Morgan fingerprint density at radius 1 is 1.14 bits per heavy atom. The minimum absolute atomic E-state index is 0.0309. The van der Waals surface area contributed by atoms with Gasteiger partial charge in [0.1, 0.15) is 17.6 Å². The Balaban J connectivity index is 1.60. The summed E-state index contributed by atoms with van der Waals surface area (Å²) in [6.45, 7) is 2.05. The number of rotatable bonds is 4. The summed E-state index contributed by atoms with van der Waals surface area (Å²) in [5.41, 5.74) is 1.62. The number of anilines is 2. The van der Waals surface area contributed by atoms with E-state index in [0.29, 0.717) is 17.7 Å². The molecule has 1 fully saturated rings. The number of aromatic nitrogens is 5. The maximum absolute atomic E-state index is 12.7. The van der Waals surface area contributed by atoms with Gasteiger partial charge in [0, 0.05) is 36.4 Å². The van der Waals surface area contributed by atoms with Crippen molar-refractivity contribution in [1.29, 1.82) is 0 Å². The van der Waals surface area contributed by atoms with E-state index in [4.69, 9.17) is 4.98 Å². The molecule has 2 aliphatic rings. The van der Waals surface area contributed by atoms with Crippen molar-refractivity contribution < 1.29 is 4.79 Å². The lowest BCUT2D eigenvalue weighted by atomic mass is 10.0. The standard InChI is InChI=1S/C21H23N7O/c1-2-17-20(29)25-16-13-24-21(26-19(16)28(17)15-5-3-4-6-15)27-12-11-23-18(27)14-7-9-22-10-8-14/h7-13,15,17H,2-6H2,1H3,(H,25,29). The lowest BCUT2D eigenvalue weighted by Gasteiger charge is -2.40. The number of hydrogen-bond acceptors (Lipinski definition) is 6. The fraction of sp³-hybridized carbons (Fsp3) is 0.381. The van der Waals surface area contributed by atoms with Crippen LogP contribution < -0.4 is 10.2 Å². The van der Waals surface area contributed by atoms with Crippen LogP contribution in [-0.4, -0.2) is 42.5 Å². The Kier molecular flexibility index (Phi) is 4.46. The van der Waals surface area contributed by atoms with Gasteiger partial charge in [-0.1, -0.05) is 19.8 Å². The third kappa shape index (κ3) is 3.04. The first-order valence-electron chi connectivity index (χ1n) is 10.2. The topological polar surface area (TPSA) is 88.8 Å². The molecule has 1 amide bonds. The smallest absolute Gasteiger partial charge is 0.247 e. The lowest BCUT2D eigenvalue weighted by Crippen LogP contribution is -2.52. The lowest BCUT2D eigenvalue weighted by molar-refractivity contribution is -0.117. The summed E-state index contributed by atoms with van der Waals surface area (Å²) in [4.78, 5) is 32.9. The second kappa shape index (κ2) is 7.27. The van der Waals surface area contributed by atoms with Crippen molar-refractivity contribution in [2.45, 2.75) is 51.1 Å². The Bertz CT molecular complexity index is 1030. The van der Waals surface area contributed by atoms with Gasteiger partial charge in [-0.05, 0) is 31.4 Å². The van der Waals surface area contributed by atoms with E-state index in [9.17, 15) is 4.79 Å². The first kappa shape index (κ1) is 17.8. The normalized spacial score (nSPS) is 19.3. The third-order valence-corrected chi connectivity index (χ3v) is 5.80. The van der Waals surface area contributed by atoms with Crippen LogP contribution in [0.3, 0.4) is 0 Å². The van der Waals surface area contributed by atoms with E-state index in [1.165, 1.54) is 12.8 Å². The fourth-order valence-electron chi connectivity index (χ4n) is 4.43. The van der Waals surface area contributed by atoms with Crippen LogP contribution in [0.15, 0.2) is 43.1 Å². The van der Waals surface area contributed by atoms with Crippen molar-refractivity contribution in [2.24, 2.45) is 0 Å². The Labute approximate surface area is 169 Å². The van der Waals surface area contributed by atoms with Gasteiger partial charge in [-0.15, -0.1) is 0 Å². The molecule has 5 rings (SSSR count). The molecule has 4 heterocycles. The number of amides is 1. The number of hydrogen-bond donors (Lipinski definition) is 1. The highest BCUT2D eigenvalue weighted by Crippen LogP contribution is 2.37. The van der Waals surface area contributed by atoms with E-state index in [1.807, 2.05) is 22.9 Å². The first-order valence-corrected chi connectivity index (χ1v) is 10.2. The highest BCUT2D eigenvalue weighted by Gasteiger charge is 2.38. The average molecular weight is 389 g/mol. The van der Waals surface area contributed by atoms with Crippen molar-refractivity contribution in [3.05, 3.63) is 43.1 Å². The minimum atomic E-state index is -0.198. The van der Waals surface area contributed by atoms with Crippen LogP contribution in [-0.2, 0) is 4.79 Å². The van der Waals surface area contributed by atoms with Crippen LogP contribution >= 0.6 is 0 Å². The Hall–Kier alpha value is -3.29. The quantitative estimate of drug-likeness (QED) is 0.737. The summed E-state index contributed by atoms with van der Waals surface area (Å²) in [6, 6.07) is 3.97. The molecule has 3 aromatic heterocycles. The SMILES string of the molecule is CCC1C(=O)Nc2cnc(-n3ccnc3-c3ccncc3)nc2N1C1CCCC1. The maximum atomic E-state index is 12.7. The van der Waals surface area contributed by atoms with Crippen molar-refractivity contribution in [1.82, 2.24) is 24.5 Å². The summed E-state index contributed by atoms with van der Waals surface area (Å²) in [5.74, 6) is 2.14. The molecule has 1 aliphatic carbocycles. The molecule has 1 atom stereocenters. The predicted molar refractivity (Wildman–Crippen MR) is 110 cm³/mol. The number of fused-ring (bicyclic) bond motifs is 1. The van der Waals surface area contributed by atoms with Crippen molar-refractivity contribution in [3.8, 4) is 17.3 Å². The van der Waals surface area contributed by atoms with Crippen LogP contribution in [0.1, 0.15) is 39.0 Å². The van der Waals surface area contributed by atoms with Crippen LogP contribution in [0.5, 0.6) is 0 Å². The summed E-state index contributed by atoms with van der Waals surface area (Å²) in [6.07, 6.45) is 14.1. The largest absolute Gasteiger partial charge is 0.340 e. The molecule has 29 heavy (non-hydrogen) atoms. The zero-order chi connectivity index (χ0) is 19.8. The first-order chi connectivity index (χ1) is 14.3. The van der Waals surface area contributed by atoms with E-state index < -0.39 is 0 Å². The maximum Gasteiger partial charge on any atom is 0.247 e. The van der Waals surface area contributed by atoms with Crippen LogP contribution in [0.4, 0.5) is 11.5 Å². The van der Waals surface area contributed by atoms with E-state index in [2.05, 4.69) is 32.1 Å². The molecule has 1 saturated carbocycles. The van der Waals surface area contributed by atoms with Gasteiger partial charge < -0.3 is 10.2 Å². The number of carbonyl (C=O) groups excluding carboxylic acids is 1. The fourth-order valence-corrected chi connectivity index (χ4v) is 4.43. The second-order valence-electron chi connectivity index (χ2n) is 7.52. The molecular weight excluding hydrogens is 366 g/mol. The monoisotopic (exact) mass is 389 g/mol. The molecular formula is C21H23N7O. The molecule has 1 aliphatic heterocycles. The Morgan fingerprint density at radius 3 is 2.69 bits per heavy atom. The van der Waals surface area contributed by atoms with Gasteiger partial charge in [0.25, 0.3) is 0 Å². The number of imidazole rings is 1. The minimum Gasteiger partial charge on any atom is -0.340 e. The van der Waals surface area contributed by atoms with Gasteiger partial charge >= 0.3 is 0 Å². The molecule has 3 aromatic rings. The molecule has 0 bridgehead atoms. The van der Waals surface area contributed by atoms with Gasteiger partial charge in [-0.25, -0.2) is 9.97 Å². The average Bonchev–Trinajstić information content (AvgIpc) is 3.45. The van der Waals surface area contributed by atoms with E-state index in [0.717, 1.165) is 36.5 Å². The van der Waals surface area contributed by atoms with Gasteiger partial charge in [-0.3, -0.25) is 14.3 Å². The number of nitrogens with one attached hydrogen (secondary N) is 1. The van der Waals surface area contributed by atoms with Gasteiger partial charge in [-0.2, -0.15) is 4.98 Å². The molecule has 1 N–H and O–H groups in total. The zero-order valence-electron chi connectivity index (χ0n) is 16.3. The van der Waals surface area contributed by atoms with Crippen molar-refractivity contribution in [3.63, 3.8) is 0 Å². The van der Waals surface area contributed by atoms with E-state index >= 15 is 0 Å². The highest BCUT2D eigenvalue weighted by molar-refractivity contribution is 6.02. The summed E-state index contributed by atoms with van der Waals surface area (Å²) in [7, 11) is 0. The molecule has 0 aromatic carbocycles. The van der Waals surface area contributed by atoms with Crippen LogP contribution in [0.2, 0.25) is 0 Å². The summed E-state index contributed by atoms with van der Waals surface area (Å²) >= 11 is 0. The van der Waals surface area contributed by atoms with Crippen molar-refractivity contribution in [2.75, 3.05) is 10.2 Å². The van der Waals surface area contributed by atoms with Gasteiger partial charge in [0.05, 0.1) is 6.20 Å². The van der Waals surface area contributed by atoms with Crippen molar-refractivity contribution >= 4 is 17.4 Å². The van der Waals surface area contributed by atoms with Crippen LogP contribution in [0, 0.1) is 0 Å². The molecule has 1 unspecified atom stereocenters. The zero-order valence-corrected chi connectivity index (χ0v) is 16.3. The van der Waals surface area contributed by atoms with E-state index in [-0.39, 0.29) is 11.9 Å². The third-order valence-electron chi connectivity index (χ3n) is 5.80.